The van der Waals surface area contributed by atoms with Crippen LogP contribution in [0.15, 0.2) is 159 Å². The van der Waals surface area contributed by atoms with Gasteiger partial charge >= 0.3 is 0 Å². The minimum atomic E-state index is -0.0491. The number of benzene rings is 4. The molecule has 274 valence electrons. The second kappa shape index (κ2) is 15.7. The van der Waals surface area contributed by atoms with Crippen molar-refractivity contribution in [3.8, 4) is 23.0 Å². The number of aromatic hydroxyl groups is 4. The van der Waals surface area contributed by atoms with Crippen LogP contribution in [0.5, 0.6) is 23.0 Å². The van der Waals surface area contributed by atoms with E-state index < -0.39 is 0 Å². The lowest BCUT2D eigenvalue weighted by Crippen LogP contribution is -2.01. The maximum Gasteiger partial charge on any atom is 0.122 e. The van der Waals surface area contributed by atoms with Crippen molar-refractivity contribution < 1.29 is 20.4 Å². The van der Waals surface area contributed by atoms with Gasteiger partial charge in [0.1, 0.15) is 40.1 Å². The number of nitrogens with zero attached hydrogens (tertiary/aromatic N) is 9. The smallest absolute Gasteiger partial charge is 0.122 e. The summed E-state index contributed by atoms with van der Waals surface area (Å²) in [7, 11) is 0. The number of pyridine rings is 3. The quantitative estimate of drug-likeness (QED) is 0.122. The first-order chi connectivity index (χ1) is 27.4. The van der Waals surface area contributed by atoms with Crippen molar-refractivity contribution in [2.24, 2.45) is 30.7 Å². The molecule has 3 aromatic heterocycles. The summed E-state index contributed by atoms with van der Waals surface area (Å²) in [4.78, 5) is 12.3. The van der Waals surface area contributed by atoms with E-state index in [4.69, 9.17) is 0 Å². The molecule has 56 heavy (non-hydrogen) atoms. The number of hydrogen-bond acceptors (Lipinski definition) is 13. The van der Waals surface area contributed by atoms with Gasteiger partial charge in [-0.2, -0.15) is 15.3 Å². The normalized spacial score (nSPS) is 12.8. The third-order valence-electron chi connectivity index (χ3n) is 9.27. The number of rotatable bonds is 6. The van der Waals surface area contributed by atoms with Gasteiger partial charge in [0.25, 0.3) is 0 Å². The molecular weight excluding hydrogens is 707 g/mol. The average molecular weight is 740 g/mol. The number of azo groups is 3. The van der Waals surface area contributed by atoms with Gasteiger partial charge in [0.2, 0.25) is 0 Å². The van der Waals surface area contributed by atoms with Gasteiger partial charge in [0.05, 0.1) is 35.7 Å². The third kappa shape index (κ3) is 7.96. The van der Waals surface area contributed by atoms with Crippen molar-refractivity contribution in [1.29, 1.82) is 0 Å². The van der Waals surface area contributed by atoms with Gasteiger partial charge < -0.3 is 20.4 Å². The molecule has 0 aliphatic heterocycles. The van der Waals surface area contributed by atoms with Crippen molar-refractivity contribution in [3.05, 3.63) is 173 Å². The predicted octanol–water partition coefficient (Wildman–Crippen LogP) is 10.6. The van der Waals surface area contributed by atoms with E-state index in [9.17, 15) is 20.4 Å². The van der Waals surface area contributed by atoms with Gasteiger partial charge in [-0.15, -0.1) is 15.3 Å². The predicted molar refractivity (Wildman–Crippen MR) is 209 cm³/mol. The number of phenolic OH excluding ortho intramolecular Hbond substituents is 4. The van der Waals surface area contributed by atoms with E-state index in [0.717, 1.165) is 0 Å². The first kappa shape index (κ1) is 35.4. The molecule has 7 aromatic rings. The van der Waals surface area contributed by atoms with Crippen LogP contribution in [0, 0.1) is 0 Å². The molecule has 1 aliphatic rings. The molecule has 3 heterocycles. The Labute approximate surface area is 320 Å². The van der Waals surface area contributed by atoms with Crippen LogP contribution >= 0.6 is 0 Å². The first-order valence-electron chi connectivity index (χ1n) is 17.7. The van der Waals surface area contributed by atoms with E-state index in [1.54, 1.807) is 122 Å². The highest BCUT2D eigenvalue weighted by Gasteiger charge is 2.21. The van der Waals surface area contributed by atoms with Crippen molar-refractivity contribution in [2.45, 2.75) is 25.7 Å². The Morgan fingerprint density at radius 2 is 0.589 bits per heavy atom. The minimum absolute atomic E-state index is 0.0166. The van der Waals surface area contributed by atoms with Gasteiger partial charge in [0.15, 0.2) is 0 Å². The van der Waals surface area contributed by atoms with Crippen LogP contribution in [-0.2, 0) is 25.7 Å². The fourth-order valence-corrected chi connectivity index (χ4v) is 6.54. The summed E-state index contributed by atoms with van der Waals surface area (Å²) < 4.78 is 0. The number of aromatic nitrogens is 3. The maximum atomic E-state index is 11.9. The molecule has 13 nitrogen and oxygen atoms in total. The van der Waals surface area contributed by atoms with E-state index in [1.165, 1.54) is 0 Å². The summed E-state index contributed by atoms with van der Waals surface area (Å²) in [5.74, 6) is -0.0567. The van der Waals surface area contributed by atoms with Crippen molar-refractivity contribution >= 4 is 34.1 Å². The average Bonchev–Trinajstić information content (AvgIpc) is 3.22. The molecule has 13 heteroatoms. The molecule has 0 unspecified atom stereocenters. The first-order valence-corrected chi connectivity index (χ1v) is 17.7. The second-order valence-electron chi connectivity index (χ2n) is 13.2. The fourth-order valence-electron chi connectivity index (χ4n) is 6.54. The van der Waals surface area contributed by atoms with Crippen molar-refractivity contribution in [2.75, 3.05) is 0 Å². The van der Waals surface area contributed by atoms with Gasteiger partial charge in [-0.1, -0.05) is 18.2 Å². The van der Waals surface area contributed by atoms with Crippen molar-refractivity contribution in [3.63, 3.8) is 0 Å². The summed E-state index contributed by atoms with van der Waals surface area (Å²) in [5, 5.41) is 73.6. The standard InChI is InChI=1S/C43H33N9O4/c53-40-26-5-1-6-27(40)14-29-18-38(51-48-35-8-3-11-45-24-35)20-31(42(29)55)16-33-22-39(52-49-36-9-4-12-46-25-36)21-32(43(33)56)15-30-19-37(17-28(13-26)41(30)54)50-47-34-7-2-10-44-23-34/h1-12,17-25,53-56H,13-16H2. The van der Waals surface area contributed by atoms with Gasteiger partial charge in [-0.05, 0) is 83.9 Å². The van der Waals surface area contributed by atoms with E-state index in [0.29, 0.717) is 78.6 Å². The second-order valence-corrected chi connectivity index (χ2v) is 13.2. The van der Waals surface area contributed by atoms with Crippen LogP contribution in [0.3, 0.4) is 0 Å². The van der Waals surface area contributed by atoms with Crippen LogP contribution in [0.2, 0.25) is 0 Å². The summed E-state index contributed by atoms with van der Waals surface area (Å²) in [6.07, 6.45) is 10.1. The van der Waals surface area contributed by atoms with Gasteiger partial charge in [0, 0.05) is 77.7 Å². The maximum absolute atomic E-state index is 11.9. The largest absolute Gasteiger partial charge is 0.507 e. The summed E-state index contributed by atoms with van der Waals surface area (Å²) in [5.41, 5.74) is 6.81. The Hall–Kier alpha value is -7.67. The van der Waals surface area contributed by atoms with Gasteiger partial charge in [-0.3, -0.25) is 15.0 Å². The lowest BCUT2D eigenvalue weighted by molar-refractivity contribution is 0.450. The van der Waals surface area contributed by atoms with E-state index >= 15 is 0 Å². The summed E-state index contributed by atoms with van der Waals surface area (Å²) in [6, 6.07) is 26.2. The monoisotopic (exact) mass is 739 g/mol. The van der Waals surface area contributed by atoms with Crippen LogP contribution in [0.1, 0.15) is 44.5 Å². The fraction of sp³-hybridized carbons (Fsp3) is 0.0930. The Balaban J connectivity index is 1.30. The zero-order chi connectivity index (χ0) is 38.4. The summed E-state index contributed by atoms with van der Waals surface area (Å²) >= 11 is 0. The van der Waals surface area contributed by atoms with Crippen LogP contribution in [0.25, 0.3) is 0 Å². The molecule has 4 N–H and O–H groups in total. The third-order valence-corrected chi connectivity index (χ3v) is 9.27. The molecule has 1 aliphatic carbocycles. The highest BCUT2D eigenvalue weighted by atomic mass is 16.3. The van der Waals surface area contributed by atoms with E-state index in [-0.39, 0.29) is 48.7 Å². The topological polar surface area (TPSA) is 194 Å². The highest BCUT2D eigenvalue weighted by molar-refractivity contribution is 5.62. The minimum Gasteiger partial charge on any atom is -0.507 e. The molecule has 0 amide bonds. The zero-order valence-corrected chi connectivity index (χ0v) is 29.8. The molecule has 0 fully saturated rings. The molecule has 0 saturated carbocycles. The van der Waals surface area contributed by atoms with Crippen LogP contribution in [-0.4, -0.2) is 35.4 Å². The molecule has 0 saturated heterocycles. The Morgan fingerprint density at radius 1 is 0.321 bits per heavy atom. The lowest BCUT2D eigenvalue weighted by Gasteiger charge is -2.18. The SMILES string of the molecule is Oc1c2cccc1Cc1cc(N=Nc3cccnc3)cc(c1O)Cc1cc(N=Nc3cccnc3)cc(c1O)Cc1cc(N=Nc3cccnc3)cc(c1O)C2. The number of phenols is 4. The molecule has 0 spiro atoms. The number of fused-ring (bicyclic) bond motifs is 8. The Bertz CT molecular complexity index is 2490. The van der Waals surface area contributed by atoms with Crippen molar-refractivity contribution in [1.82, 2.24) is 15.0 Å². The molecular formula is C43H33N9O4. The lowest BCUT2D eigenvalue weighted by atomic mass is 9.90. The van der Waals surface area contributed by atoms with Gasteiger partial charge in [-0.25, -0.2) is 0 Å². The van der Waals surface area contributed by atoms with E-state index in [1.807, 2.05) is 6.07 Å². The molecule has 0 radical (unpaired) electrons. The Morgan fingerprint density at radius 3 is 0.875 bits per heavy atom. The van der Waals surface area contributed by atoms with E-state index in [2.05, 4.69) is 45.6 Å². The molecule has 4 aromatic carbocycles. The number of para-hydroxylation sites is 1. The summed E-state index contributed by atoms with van der Waals surface area (Å²) in [6.45, 7) is 0. The molecule has 0 atom stereocenters. The van der Waals surface area contributed by atoms with Crippen LogP contribution < -0.4 is 0 Å². The molecule has 8 bridgehead atoms. The van der Waals surface area contributed by atoms with Crippen LogP contribution in [0.4, 0.5) is 34.1 Å². The zero-order valence-electron chi connectivity index (χ0n) is 29.8. The Kier molecular flexibility index (Phi) is 9.94. The molecule has 8 rings (SSSR count). The number of hydrogen-bond donors (Lipinski definition) is 4. The highest BCUT2D eigenvalue weighted by Crippen LogP contribution is 2.41.